The minimum Gasteiger partial charge on any atom is -0.377 e. The Morgan fingerprint density at radius 1 is 1.27 bits per heavy atom. The topological polar surface area (TPSA) is 48.9 Å². The maximum absolute atomic E-state index is 5.46. The molecule has 1 unspecified atom stereocenters. The van der Waals surface area contributed by atoms with Crippen molar-refractivity contribution >= 4 is 5.96 Å². The summed E-state index contributed by atoms with van der Waals surface area (Å²) in [6, 6.07) is 8.71. The number of ether oxygens (including phenoxy) is 1. The number of likely N-dealkylation sites (tertiary alicyclic amines) is 1. The first-order chi connectivity index (χ1) is 12.4. The smallest absolute Gasteiger partial charge is 0.191 e. The lowest BCUT2D eigenvalue weighted by Crippen LogP contribution is -2.45. The molecule has 0 radical (unpaired) electrons. The number of methoxy groups -OCH3 is 1. The summed E-state index contributed by atoms with van der Waals surface area (Å²) in [5, 5.41) is 6.77. The molecule has 1 aliphatic heterocycles. The van der Waals surface area contributed by atoms with Gasteiger partial charge in [-0.3, -0.25) is 9.89 Å². The summed E-state index contributed by atoms with van der Waals surface area (Å²) in [7, 11) is 3.53. The fourth-order valence-corrected chi connectivity index (χ4v) is 3.32. The summed E-state index contributed by atoms with van der Waals surface area (Å²) in [5.74, 6) is 1.61. The van der Waals surface area contributed by atoms with Gasteiger partial charge in [0.05, 0.1) is 5.60 Å². The van der Waals surface area contributed by atoms with Crippen molar-refractivity contribution in [1.29, 1.82) is 0 Å². The van der Waals surface area contributed by atoms with Crippen molar-refractivity contribution in [2.75, 3.05) is 33.8 Å². The largest absolute Gasteiger partial charge is 0.377 e. The summed E-state index contributed by atoms with van der Waals surface area (Å²) in [4.78, 5) is 6.91. The summed E-state index contributed by atoms with van der Waals surface area (Å²) >= 11 is 0. The lowest BCUT2D eigenvalue weighted by molar-refractivity contribution is 0.0268. The molecule has 146 valence electrons. The van der Waals surface area contributed by atoms with Gasteiger partial charge in [0.25, 0.3) is 0 Å². The first-order valence-electron chi connectivity index (χ1n) is 9.72. The van der Waals surface area contributed by atoms with Crippen molar-refractivity contribution in [3.05, 3.63) is 35.4 Å². The van der Waals surface area contributed by atoms with E-state index in [1.807, 2.05) is 0 Å². The Kier molecular flexibility index (Phi) is 7.91. The van der Waals surface area contributed by atoms with Crippen molar-refractivity contribution in [2.45, 2.75) is 52.3 Å². The summed E-state index contributed by atoms with van der Waals surface area (Å²) in [6.07, 6.45) is 2.67. The van der Waals surface area contributed by atoms with Crippen molar-refractivity contribution in [3.63, 3.8) is 0 Å². The molecule has 0 amide bonds. The Labute approximate surface area is 159 Å². The molecule has 2 N–H and O–H groups in total. The van der Waals surface area contributed by atoms with E-state index in [0.717, 1.165) is 25.0 Å². The normalized spacial score (nSPS) is 19.4. The minimum absolute atomic E-state index is 0.222. The van der Waals surface area contributed by atoms with Gasteiger partial charge >= 0.3 is 0 Å². The molecule has 0 bridgehead atoms. The van der Waals surface area contributed by atoms with Crippen LogP contribution in [0.5, 0.6) is 0 Å². The first-order valence-corrected chi connectivity index (χ1v) is 9.72. The molecule has 5 nitrogen and oxygen atoms in total. The molecular weight excluding hydrogens is 324 g/mol. The molecule has 5 heteroatoms. The fraction of sp³-hybridized carbons (Fsp3) is 0.667. The predicted molar refractivity (Wildman–Crippen MR) is 109 cm³/mol. The van der Waals surface area contributed by atoms with Crippen LogP contribution in [0.1, 0.15) is 44.7 Å². The van der Waals surface area contributed by atoms with Gasteiger partial charge < -0.3 is 15.4 Å². The van der Waals surface area contributed by atoms with Gasteiger partial charge in [0, 0.05) is 40.3 Å². The van der Waals surface area contributed by atoms with E-state index in [1.165, 1.54) is 37.1 Å². The maximum Gasteiger partial charge on any atom is 0.191 e. The van der Waals surface area contributed by atoms with Crippen LogP contribution in [0.4, 0.5) is 0 Å². The van der Waals surface area contributed by atoms with Gasteiger partial charge in [0.15, 0.2) is 5.96 Å². The quantitative estimate of drug-likeness (QED) is 0.580. The lowest BCUT2D eigenvalue weighted by Gasteiger charge is -2.31. The molecule has 2 rings (SSSR count). The molecule has 1 aliphatic rings. The van der Waals surface area contributed by atoms with Gasteiger partial charge in [0.1, 0.15) is 0 Å². The van der Waals surface area contributed by atoms with E-state index in [0.29, 0.717) is 6.54 Å². The molecule has 0 spiro atoms. The number of hydrogen-bond acceptors (Lipinski definition) is 3. The standard InChI is InChI=1S/C21H36N4O/c1-17-9-8-12-25(14-17)15-19-11-7-6-10-18(19)13-23-20(22-4)24-16-21(2,3)26-5/h6-7,10-11,17H,8-9,12-16H2,1-5H3,(H2,22,23,24). The third kappa shape index (κ3) is 6.61. The molecule has 0 aromatic heterocycles. The number of rotatable bonds is 7. The number of nitrogens with zero attached hydrogens (tertiary/aromatic N) is 2. The molecule has 1 heterocycles. The van der Waals surface area contributed by atoms with E-state index < -0.39 is 0 Å². The van der Waals surface area contributed by atoms with E-state index >= 15 is 0 Å². The number of benzene rings is 1. The average Bonchev–Trinajstić information content (AvgIpc) is 2.63. The number of hydrogen-bond donors (Lipinski definition) is 2. The van der Waals surface area contributed by atoms with Crippen molar-refractivity contribution in [3.8, 4) is 0 Å². The van der Waals surface area contributed by atoms with Crippen LogP contribution >= 0.6 is 0 Å². The molecule has 1 saturated heterocycles. The first kappa shape index (κ1) is 20.7. The van der Waals surface area contributed by atoms with Crippen LogP contribution in [-0.2, 0) is 17.8 Å². The van der Waals surface area contributed by atoms with Crippen molar-refractivity contribution < 1.29 is 4.74 Å². The number of nitrogens with one attached hydrogen (secondary N) is 2. The number of piperidine rings is 1. The van der Waals surface area contributed by atoms with Crippen LogP contribution in [-0.4, -0.2) is 50.3 Å². The molecule has 1 aromatic rings. The van der Waals surface area contributed by atoms with E-state index in [-0.39, 0.29) is 5.60 Å². The Bertz CT molecular complexity index is 585. The molecule has 1 fully saturated rings. The van der Waals surface area contributed by atoms with Crippen LogP contribution in [0.25, 0.3) is 0 Å². The van der Waals surface area contributed by atoms with Gasteiger partial charge in [-0.1, -0.05) is 31.2 Å². The highest BCUT2D eigenvalue weighted by molar-refractivity contribution is 5.79. The van der Waals surface area contributed by atoms with Gasteiger partial charge in [-0.2, -0.15) is 0 Å². The SMILES string of the molecule is CN=C(NCc1ccccc1CN1CCCC(C)C1)NCC(C)(C)OC. The second kappa shape index (κ2) is 9.93. The van der Waals surface area contributed by atoms with Crippen LogP contribution in [0.3, 0.4) is 0 Å². The van der Waals surface area contributed by atoms with Gasteiger partial charge in [-0.25, -0.2) is 0 Å². The molecule has 1 atom stereocenters. The minimum atomic E-state index is -0.222. The molecule has 0 aliphatic carbocycles. The summed E-state index contributed by atoms with van der Waals surface area (Å²) in [5.41, 5.74) is 2.52. The van der Waals surface area contributed by atoms with Crippen LogP contribution in [0, 0.1) is 5.92 Å². The van der Waals surface area contributed by atoms with E-state index in [9.17, 15) is 0 Å². The molecular formula is C21H36N4O. The van der Waals surface area contributed by atoms with Crippen LogP contribution in [0.15, 0.2) is 29.3 Å². The second-order valence-electron chi connectivity index (χ2n) is 7.99. The monoisotopic (exact) mass is 360 g/mol. The van der Waals surface area contributed by atoms with Crippen LogP contribution < -0.4 is 10.6 Å². The summed E-state index contributed by atoms with van der Waals surface area (Å²) < 4.78 is 5.46. The zero-order valence-electron chi connectivity index (χ0n) is 17.1. The van der Waals surface area contributed by atoms with Crippen molar-refractivity contribution in [2.24, 2.45) is 10.9 Å². The highest BCUT2D eigenvalue weighted by atomic mass is 16.5. The predicted octanol–water partition coefficient (Wildman–Crippen LogP) is 3.01. The van der Waals surface area contributed by atoms with Gasteiger partial charge in [0.2, 0.25) is 0 Å². The van der Waals surface area contributed by atoms with Gasteiger partial charge in [-0.15, -0.1) is 0 Å². The third-order valence-corrected chi connectivity index (χ3v) is 5.16. The lowest BCUT2D eigenvalue weighted by atomic mass is 9.99. The van der Waals surface area contributed by atoms with Crippen molar-refractivity contribution in [1.82, 2.24) is 15.5 Å². The van der Waals surface area contributed by atoms with E-state index in [1.54, 1.807) is 14.2 Å². The average molecular weight is 361 g/mol. The Morgan fingerprint density at radius 3 is 2.65 bits per heavy atom. The highest BCUT2D eigenvalue weighted by Gasteiger charge is 2.18. The highest BCUT2D eigenvalue weighted by Crippen LogP contribution is 2.19. The Balaban J connectivity index is 1.92. The zero-order chi connectivity index (χ0) is 19.0. The van der Waals surface area contributed by atoms with E-state index in [2.05, 4.69) is 65.6 Å². The number of aliphatic imine (C=N–C) groups is 1. The van der Waals surface area contributed by atoms with Gasteiger partial charge in [-0.05, 0) is 50.3 Å². The molecule has 0 saturated carbocycles. The molecule has 1 aromatic carbocycles. The zero-order valence-corrected chi connectivity index (χ0v) is 17.1. The maximum atomic E-state index is 5.46. The Hall–Kier alpha value is -1.59. The fourth-order valence-electron chi connectivity index (χ4n) is 3.32. The molecule has 26 heavy (non-hydrogen) atoms. The Morgan fingerprint density at radius 2 is 2.00 bits per heavy atom. The third-order valence-electron chi connectivity index (χ3n) is 5.16. The summed E-state index contributed by atoms with van der Waals surface area (Å²) in [6.45, 7) is 11.4. The number of guanidine groups is 1. The second-order valence-corrected chi connectivity index (χ2v) is 7.99. The van der Waals surface area contributed by atoms with Crippen LogP contribution in [0.2, 0.25) is 0 Å². The van der Waals surface area contributed by atoms with E-state index in [4.69, 9.17) is 4.74 Å².